The zero-order chi connectivity index (χ0) is 12.3. The number of aryl methyl sites for hydroxylation is 1. The second kappa shape index (κ2) is 5.34. The maximum absolute atomic E-state index is 12.5. The molecule has 0 fully saturated rings. The van der Waals surface area contributed by atoms with E-state index in [0.717, 1.165) is 6.07 Å². The lowest BCUT2D eigenvalue weighted by atomic mass is 10.1. The van der Waals surface area contributed by atoms with Gasteiger partial charge in [0, 0.05) is 11.0 Å². The van der Waals surface area contributed by atoms with Crippen molar-refractivity contribution >= 4 is 21.9 Å². The minimum atomic E-state index is -2.70. The van der Waals surface area contributed by atoms with Crippen LogP contribution in [-0.4, -0.2) is 18.1 Å². The number of alkyl halides is 3. The SMILES string of the molecule is COC(=O)c1cc(C(F)F)nc(C)c1CBr. The number of carbonyl (C=O) groups is 1. The molecule has 0 N–H and O–H groups in total. The Morgan fingerprint density at radius 3 is 2.69 bits per heavy atom. The van der Waals surface area contributed by atoms with Crippen LogP contribution < -0.4 is 0 Å². The molecule has 0 amide bonds. The molecule has 1 aromatic heterocycles. The van der Waals surface area contributed by atoms with Gasteiger partial charge in [-0.3, -0.25) is 4.98 Å². The summed E-state index contributed by atoms with van der Waals surface area (Å²) in [5, 5.41) is 0.361. The lowest BCUT2D eigenvalue weighted by Gasteiger charge is -2.10. The largest absolute Gasteiger partial charge is 0.465 e. The van der Waals surface area contributed by atoms with Gasteiger partial charge < -0.3 is 4.74 Å². The molecule has 0 unspecified atom stereocenters. The third kappa shape index (κ3) is 2.55. The highest BCUT2D eigenvalue weighted by Crippen LogP contribution is 2.23. The number of carbonyl (C=O) groups excluding carboxylic acids is 1. The van der Waals surface area contributed by atoms with Crippen molar-refractivity contribution in [1.29, 1.82) is 0 Å². The lowest BCUT2D eigenvalue weighted by molar-refractivity contribution is 0.0599. The molecular formula is C10H10BrF2NO2. The smallest absolute Gasteiger partial charge is 0.338 e. The van der Waals surface area contributed by atoms with Gasteiger partial charge in [-0.2, -0.15) is 0 Å². The quantitative estimate of drug-likeness (QED) is 0.635. The zero-order valence-corrected chi connectivity index (χ0v) is 10.3. The second-order valence-corrected chi connectivity index (χ2v) is 3.65. The number of hydrogen-bond acceptors (Lipinski definition) is 3. The average Bonchev–Trinajstić information content (AvgIpc) is 2.26. The van der Waals surface area contributed by atoms with Crippen molar-refractivity contribution in [3.05, 3.63) is 28.6 Å². The number of esters is 1. The highest BCUT2D eigenvalue weighted by Gasteiger charge is 2.19. The molecular weight excluding hydrogens is 284 g/mol. The Morgan fingerprint density at radius 1 is 1.62 bits per heavy atom. The fourth-order valence-corrected chi connectivity index (χ4v) is 2.00. The Labute approximate surface area is 99.9 Å². The number of aromatic nitrogens is 1. The Bertz CT molecular complexity index is 410. The summed E-state index contributed by atoms with van der Waals surface area (Å²) in [5.41, 5.74) is 0.677. The predicted molar refractivity (Wildman–Crippen MR) is 57.9 cm³/mol. The number of hydrogen-bond donors (Lipinski definition) is 0. The number of halogens is 3. The molecule has 0 bridgehead atoms. The highest BCUT2D eigenvalue weighted by molar-refractivity contribution is 9.08. The van der Waals surface area contributed by atoms with Gasteiger partial charge in [0.25, 0.3) is 6.43 Å². The van der Waals surface area contributed by atoms with Gasteiger partial charge in [0.05, 0.1) is 12.7 Å². The van der Waals surface area contributed by atoms with Crippen LogP contribution in [0.3, 0.4) is 0 Å². The van der Waals surface area contributed by atoms with E-state index in [1.165, 1.54) is 7.11 Å². The molecule has 1 rings (SSSR count). The summed E-state index contributed by atoms with van der Waals surface area (Å²) in [7, 11) is 1.21. The number of ether oxygens (including phenoxy) is 1. The summed E-state index contributed by atoms with van der Waals surface area (Å²) < 4.78 is 29.5. The molecule has 0 spiro atoms. The molecule has 6 heteroatoms. The molecule has 0 atom stereocenters. The summed E-state index contributed by atoms with van der Waals surface area (Å²) >= 11 is 3.18. The van der Waals surface area contributed by atoms with Crippen molar-refractivity contribution in [2.45, 2.75) is 18.7 Å². The fourth-order valence-electron chi connectivity index (χ4n) is 1.30. The standard InChI is InChI=1S/C10H10BrF2NO2/c1-5-7(4-11)6(10(15)16-2)3-8(14-5)9(12)13/h3,9H,4H2,1-2H3. The van der Waals surface area contributed by atoms with Crippen molar-refractivity contribution in [1.82, 2.24) is 4.98 Å². The van der Waals surface area contributed by atoms with Crippen molar-refractivity contribution in [2.75, 3.05) is 7.11 Å². The molecule has 3 nitrogen and oxygen atoms in total. The van der Waals surface area contributed by atoms with Crippen LogP contribution in [0.15, 0.2) is 6.07 Å². The number of nitrogens with zero attached hydrogens (tertiary/aromatic N) is 1. The van der Waals surface area contributed by atoms with E-state index in [9.17, 15) is 13.6 Å². The molecule has 0 saturated heterocycles. The monoisotopic (exact) mass is 293 g/mol. The lowest BCUT2D eigenvalue weighted by Crippen LogP contribution is -2.09. The van der Waals surface area contributed by atoms with E-state index in [1.807, 2.05) is 0 Å². The van der Waals surface area contributed by atoms with Crippen LogP contribution in [0.2, 0.25) is 0 Å². The summed E-state index contributed by atoms with van der Waals surface area (Å²) in [4.78, 5) is 15.1. The first-order valence-electron chi connectivity index (χ1n) is 4.44. The summed E-state index contributed by atoms with van der Waals surface area (Å²) in [6.45, 7) is 1.58. The Balaban J connectivity index is 3.36. The van der Waals surface area contributed by atoms with Crippen molar-refractivity contribution < 1.29 is 18.3 Å². The normalized spacial score (nSPS) is 10.6. The van der Waals surface area contributed by atoms with Crippen molar-refractivity contribution in [2.24, 2.45) is 0 Å². The first kappa shape index (κ1) is 13.0. The van der Waals surface area contributed by atoms with E-state index in [2.05, 4.69) is 25.7 Å². The Morgan fingerprint density at radius 2 is 2.25 bits per heavy atom. The fraction of sp³-hybridized carbons (Fsp3) is 0.400. The molecule has 1 aromatic rings. The number of rotatable bonds is 3. The van der Waals surface area contributed by atoms with Gasteiger partial charge in [0.2, 0.25) is 0 Å². The Hall–Kier alpha value is -1.04. The van der Waals surface area contributed by atoms with Gasteiger partial charge in [-0.1, -0.05) is 15.9 Å². The van der Waals surface area contributed by atoms with Crippen LogP contribution in [0, 0.1) is 6.92 Å². The molecule has 16 heavy (non-hydrogen) atoms. The van der Waals surface area contributed by atoms with Gasteiger partial charge in [0.1, 0.15) is 5.69 Å². The van der Waals surface area contributed by atoms with Gasteiger partial charge >= 0.3 is 5.97 Å². The van der Waals surface area contributed by atoms with Crippen LogP contribution in [-0.2, 0) is 10.1 Å². The minimum absolute atomic E-state index is 0.127. The summed E-state index contributed by atoms with van der Waals surface area (Å²) in [5.74, 6) is -0.637. The number of methoxy groups -OCH3 is 1. The maximum Gasteiger partial charge on any atom is 0.338 e. The molecule has 0 aromatic carbocycles. The Kier molecular flexibility index (Phi) is 4.35. The molecule has 0 saturated carbocycles. The minimum Gasteiger partial charge on any atom is -0.465 e. The second-order valence-electron chi connectivity index (χ2n) is 3.08. The molecule has 0 aliphatic rings. The van der Waals surface area contributed by atoms with Crippen LogP contribution in [0.5, 0.6) is 0 Å². The van der Waals surface area contributed by atoms with Gasteiger partial charge in [0.15, 0.2) is 0 Å². The van der Waals surface area contributed by atoms with Crippen molar-refractivity contribution in [3.63, 3.8) is 0 Å². The van der Waals surface area contributed by atoms with E-state index in [0.29, 0.717) is 16.6 Å². The molecule has 0 aliphatic carbocycles. The predicted octanol–water partition coefficient (Wildman–Crippen LogP) is 3.01. The van der Waals surface area contributed by atoms with Gasteiger partial charge in [-0.05, 0) is 18.6 Å². The summed E-state index contributed by atoms with van der Waals surface area (Å²) in [6, 6.07) is 1.07. The highest BCUT2D eigenvalue weighted by atomic mass is 79.9. The topological polar surface area (TPSA) is 39.2 Å². The van der Waals surface area contributed by atoms with Crippen LogP contribution >= 0.6 is 15.9 Å². The van der Waals surface area contributed by atoms with E-state index in [4.69, 9.17) is 0 Å². The van der Waals surface area contributed by atoms with E-state index in [-0.39, 0.29) is 5.56 Å². The maximum atomic E-state index is 12.5. The van der Waals surface area contributed by atoms with Crippen LogP contribution in [0.1, 0.15) is 33.7 Å². The van der Waals surface area contributed by atoms with Crippen LogP contribution in [0.4, 0.5) is 8.78 Å². The van der Waals surface area contributed by atoms with Crippen molar-refractivity contribution in [3.8, 4) is 0 Å². The molecule has 0 radical (unpaired) electrons. The van der Waals surface area contributed by atoms with E-state index in [1.54, 1.807) is 6.92 Å². The summed E-state index contributed by atoms with van der Waals surface area (Å²) in [6.07, 6.45) is -2.70. The van der Waals surface area contributed by atoms with E-state index >= 15 is 0 Å². The van der Waals surface area contributed by atoms with Crippen LogP contribution in [0.25, 0.3) is 0 Å². The van der Waals surface area contributed by atoms with E-state index < -0.39 is 18.1 Å². The average molecular weight is 294 g/mol. The zero-order valence-electron chi connectivity index (χ0n) is 8.76. The van der Waals surface area contributed by atoms with Gasteiger partial charge in [-0.15, -0.1) is 0 Å². The first-order valence-corrected chi connectivity index (χ1v) is 5.56. The van der Waals surface area contributed by atoms with Gasteiger partial charge in [-0.25, -0.2) is 13.6 Å². The third-order valence-electron chi connectivity index (χ3n) is 2.11. The molecule has 1 heterocycles. The number of pyridine rings is 1. The third-order valence-corrected chi connectivity index (χ3v) is 2.67. The molecule has 88 valence electrons. The first-order chi connectivity index (χ1) is 7.51. The molecule has 0 aliphatic heterocycles.